The summed E-state index contributed by atoms with van der Waals surface area (Å²) in [7, 11) is 0. The van der Waals surface area contributed by atoms with Crippen LogP contribution >= 0.6 is 0 Å². The van der Waals surface area contributed by atoms with Gasteiger partial charge in [-0.3, -0.25) is 0 Å². The molecule has 6 nitrogen and oxygen atoms in total. The van der Waals surface area contributed by atoms with E-state index < -0.39 is 0 Å². The van der Waals surface area contributed by atoms with Gasteiger partial charge in [0, 0.05) is 32.0 Å². The van der Waals surface area contributed by atoms with E-state index in [4.69, 9.17) is 4.74 Å². The summed E-state index contributed by atoms with van der Waals surface area (Å²) in [6.45, 7) is 2.97. The molecular formula is C14H22N4O2. The second-order valence-corrected chi connectivity index (χ2v) is 5.49. The van der Waals surface area contributed by atoms with Crippen LogP contribution in [0.1, 0.15) is 25.7 Å². The molecule has 0 radical (unpaired) electrons. The van der Waals surface area contributed by atoms with Crippen molar-refractivity contribution in [3.05, 3.63) is 18.7 Å². The number of aromatic nitrogens is 2. The van der Waals surface area contributed by atoms with Crippen molar-refractivity contribution in [2.45, 2.75) is 44.4 Å². The molecule has 1 aliphatic heterocycles. The molecule has 1 saturated heterocycles. The molecule has 0 spiro atoms. The summed E-state index contributed by atoms with van der Waals surface area (Å²) in [4.78, 5) is 18.2. The molecule has 110 valence electrons. The van der Waals surface area contributed by atoms with E-state index in [0.717, 1.165) is 25.8 Å². The molecule has 2 amide bonds. The van der Waals surface area contributed by atoms with Gasteiger partial charge >= 0.3 is 6.03 Å². The predicted octanol–water partition coefficient (Wildman–Crippen LogP) is 1.24. The van der Waals surface area contributed by atoms with E-state index in [2.05, 4.69) is 10.3 Å². The Hall–Kier alpha value is -1.56. The van der Waals surface area contributed by atoms with Gasteiger partial charge in [0.15, 0.2) is 0 Å². The molecule has 1 aromatic heterocycles. The van der Waals surface area contributed by atoms with E-state index in [1.165, 1.54) is 6.42 Å². The van der Waals surface area contributed by atoms with Crippen LogP contribution in [0.25, 0.3) is 0 Å². The summed E-state index contributed by atoms with van der Waals surface area (Å²) in [6, 6.07) is 0.355. The summed E-state index contributed by atoms with van der Waals surface area (Å²) in [5, 5.41) is 3.03. The number of morpholine rings is 1. The van der Waals surface area contributed by atoms with Gasteiger partial charge in [-0.15, -0.1) is 0 Å². The van der Waals surface area contributed by atoms with Crippen molar-refractivity contribution in [1.29, 1.82) is 0 Å². The summed E-state index contributed by atoms with van der Waals surface area (Å²) < 4.78 is 7.75. The zero-order valence-electron chi connectivity index (χ0n) is 11.7. The van der Waals surface area contributed by atoms with Crippen LogP contribution in [0.15, 0.2) is 18.7 Å². The highest BCUT2D eigenvalue weighted by Gasteiger charge is 2.38. The number of hydrogen-bond acceptors (Lipinski definition) is 3. The van der Waals surface area contributed by atoms with E-state index in [0.29, 0.717) is 19.7 Å². The molecule has 0 aromatic carbocycles. The fourth-order valence-electron chi connectivity index (χ4n) is 3.16. The lowest BCUT2D eigenvalue weighted by Gasteiger charge is -2.37. The quantitative estimate of drug-likeness (QED) is 0.843. The highest BCUT2D eigenvalue weighted by Crippen LogP contribution is 2.29. The largest absolute Gasteiger partial charge is 0.374 e. The number of ether oxygens (including phenoxy) is 1. The topological polar surface area (TPSA) is 59.4 Å². The molecule has 2 atom stereocenters. The first-order valence-corrected chi connectivity index (χ1v) is 7.46. The molecule has 3 rings (SSSR count). The Bertz CT molecular complexity index is 434. The van der Waals surface area contributed by atoms with Crippen LogP contribution in [-0.4, -0.2) is 52.3 Å². The number of carbonyl (C=O) groups is 1. The summed E-state index contributed by atoms with van der Waals surface area (Å²) >= 11 is 0. The molecule has 1 N–H and O–H groups in total. The molecular weight excluding hydrogens is 256 g/mol. The van der Waals surface area contributed by atoms with Crippen LogP contribution in [0.3, 0.4) is 0 Å². The SMILES string of the molecule is O=C(NCCCn1ccnc1)N1CCO[C@@H]2CCC[C@H]21. The van der Waals surface area contributed by atoms with E-state index in [9.17, 15) is 4.79 Å². The number of hydrogen-bond donors (Lipinski definition) is 1. The van der Waals surface area contributed by atoms with Gasteiger partial charge in [-0.25, -0.2) is 9.78 Å². The highest BCUT2D eigenvalue weighted by molar-refractivity contribution is 5.74. The Morgan fingerprint density at radius 2 is 2.40 bits per heavy atom. The monoisotopic (exact) mass is 278 g/mol. The molecule has 6 heteroatoms. The van der Waals surface area contributed by atoms with Crippen LogP contribution in [0.4, 0.5) is 4.79 Å². The number of imidazole rings is 1. The second kappa shape index (κ2) is 6.26. The van der Waals surface area contributed by atoms with Crippen molar-refractivity contribution in [2.24, 2.45) is 0 Å². The lowest BCUT2D eigenvalue weighted by Crippen LogP contribution is -2.54. The standard InChI is InChI=1S/C14H22N4O2/c19-14(16-5-2-7-17-8-6-15-11-17)18-9-10-20-13-4-1-3-12(13)18/h6,8,11-13H,1-5,7,9-10H2,(H,16,19)/t12-,13-/m1/s1. The first-order chi connectivity index (χ1) is 9.84. The molecule has 1 aliphatic carbocycles. The third-order valence-electron chi connectivity index (χ3n) is 4.17. The molecule has 0 bridgehead atoms. The minimum absolute atomic E-state index is 0.0656. The Kier molecular flexibility index (Phi) is 4.20. The molecule has 0 unspecified atom stereocenters. The fraction of sp³-hybridized carbons (Fsp3) is 0.714. The van der Waals surface area contributed by atoms with Crippen molar-refractivity contribution < 1.29 is 9.53 Å². The van der Waals surface area contributed by atoms with Crippen LogP contribution < -0.4 is 5.32 Å². The molecule has 1 saturated carbocycles. The lowest BCUT2D eigenvalue weighted by molar-refractivity contribution is -0.0382. The number of amides is 2. The lowest BCUT2D eigenvalue weighted by atomic mass is 10.1. The van der Waals surface area contributed by atoms with Gasteiger partial charge in [0.25, 0.3) is 0 Å². The maximum absolute atomic E-state index is 12.2. The molecule has 2 heterocycles. The van der Waals surface area contributed by atoms with Crippen molar-refractivity contribution in [3.63, 3.8) is 0 Å². The Labute approximate surface area is 119 Å². The van der Waals surface area contributed by atoms with Crippen LogP contribution in [0, 0.1) is 0 Å². The number of urea groups is 1. The van der Waals surface area contributed by atoms with Crippen LogP contribution in [0.5, 0.6) is 0 Å². The van der Waals surface area contributed by atoms with Gasteiger partial charge < -0.3 is 19.5 Å². The minimum atomic E-state index is 0.0656. The zero-order valence-corrected chi connectivity index (χ0v) is 11.7. The summed E-state index contributed by atoms with van der Waals surface area (Å²) in [6.07, 6.45) is 10.0. The first-order valence-electron chi connectivity index (χ1n) is 7.46. The van der Waals surface area contributed by atoms with E-state index in [1.54, 1.807) is 12.5 Å². The number of fused-ring (bicyclic) bond motifs is 1. The van der Waals surface area contributed by atoms with Gasteiger partial charge in [0.2, 0.25) is 0 Å². The third kappa shape index (κ3) is 2.95. The Morgan fingerprint density at radius 1 is 1.45 bits per heavy atom. The number of nitrogens with zero attached hydrogens (tertiary/aromatic N) is 3. The number of nitrogens with one attached hydrogen (secondary N) is 1. The molecule has 2 aliphatic rings. The van der Waals surface area contributed by atoms with Gasteiger partial charge in [-0.2, -0.15) is 0 Å². The van der Waals surface area contributed by atoms with Crippen LogP contribution in [0.2, 0.25) is 0 Å². The first kappa shape index (κ1) is 13.4. The zero-order chi connectivity index (χ0) is 13.8. The fourth-order valence-corrected chi connectivity index (χ4v) is 3.16. The van der Waals surface area contributed by atoms with Crippen molar-refractivity contribution in [1.82, 2.24) is 19.8 Å². The molecule has 2 fully saturated rings. The Morgan fingerprint density at radius 3 is 3.25 bits per heavy atom. The van der Waals surface area contributed by atoms with E-state index >= 15 is 0 Å². The Balaban J connectivity index is 1.42. The number of rotatable bonds is 4. The maximum Gasteiger partial charge on any atom is 0.317 e. The van der Waals surface area contributed by atoms with Crippen molar-refractivity contribution >= 4 is 6.03 Å². The van der Waals surface area contributed by atoms with Gasteiger partial charge in [-0.1, -0.05) is 0 Å². The minimum Gasteiger partial charge on any atom is -0.374 e. The van der Waals surface area contributed by atoms with Crippen molar-refractivity contribution in [3.8, 4) is 0 Å². The van der Waals surface area contributed by atoms with Gasteiger partial charge in [-0.05, 0) is 25.7 Å². The van der Waals surface area contributed by atoms with E-state index in [1.807, 2.05) is 15.7 Å². The summed E-state index contributed by atoms with van der Waals surface area (Å²) in [5.41, 5.74) is 0. The van der Waals surface area contributed by atoms with Crippen molar-refractivity contribution in [2.75, 3.05) is 19.7 Å². The molecule has 20 heavy (non-hydrogen) atoms. The average molecular weight is 278 g/mol. The maximum atomic E-state index is 12.2. The highest BCUT2D eigenvalue weighted by atomic mass is 16.5. The second-order valence-electron chi connectivity index (χ2n) is 5.49. The smallest absolute Gasteiger partial charge is 0.317 e. The number of carbonyl (C=O) groups excluding carboxylic acids is 1. The number of aryl methyl sites for hydroxylation is 1. The summed E-state index contributed by atoms with van der Waals surface area (Å²) in [5.74, 6) is 0. The third-order valence-corrected chi connectivity index (χ3v) is 4.17. The van der Waals surface area contributed by atoms with Crippen LogP contribution in [-0.2, 0) is 11.3 Å². The average Bonchev–Trinajstić information content (AvgIpc) is 3.13. The van der Waals surface area contributed by atoms with Gasteiger partial charge in [0.1, 0.15) is 0 Å². The molecule has 1 aromatic rings. The van der Waals surface area contributed by atoms with E-state index in [-0.39, 0.29) is 18.2 Å². The van der Waals surface area contributed by atoms with Gasteiger partial charge in [0.05, 0.1) is 25.1 Å². The normalized spacial score (nSPS) is 25.5. The predicted molar refractivity (Wildman–Crippen MR) is 74.3 cm³/mol.